The molecule has 0 aromatic carbocycles. The van der Waals surface area contributed by atoms with Gasteiger partial charge in [-0.25, -0.2) is 0 Å². The molecule has 1 rings (SSSR count). The molecule has 0 aliphatic heterocycles. The highest BCUT2D eigenvalue weighted by molar-refractivity contribution is 6.22. The zero-order valence-corrected chi connectivity index (χ0v) is 8.70. The van der Waals surface area contributed by atoms with Gasteiger partial charge in [-0.3, -0.25) is 4.79 Å². The Morgan fingerprint density at radius 3 is 2.71 bits per heavy atom. The van der Waals surface area contributed by atoms with Gasteiger partial charge in [0.05, 0.1) is 11.3 Å². The first-order valence-electron chi connectivity index (χ1n) is 4.59. The lowest BCUT2D eigenvalue weighted by Crippen LogP contribution is -2.22. The standard InChI is InChI=1S/C10H15NO3/c1-6-4-8(12)10(9(13)5-6)7(2)11-14-3/h6,12H,4-5H2,1-3H3/b11-7+. The number of carbonyl (C=O) groups excluding carboxylic acids is 1. The number of aliphatic hydroxyl groups is 1. The number of oxime groups is 1. The molecular formula is C10H15NO3. The van der Waals surface area contributed by atoms with Crippen LogP contribution in [0, 0.1) is 5.92 Å². The van der Waals surface area contributed by atoms with Gasteiger partial charge in [-0.05, 0) is 12.8 Å². The van der Waals surface area contributed by atoms with Crippen molar-refractivity contribution in [1.29, 1.82) is 0 Å². The number of aliphatic hydroxyl groups excluding tert-OH is 1. The smallest absolute Gasteiger partial charge is 0.168 e. The monoisotopic (exact) mass is 197 g/mol. The largest absolute Gasteiger partial charge is 0.511 e. The molecule has 1 atom stereocenters. The van der Waals surface area contributed by atoms with Gasteiger partial charge in [-0.15, -0.1) is 0 Å². The Morgan fingerprint density at radius 2 is 2.21 bits per heavy atom. The molecule has 0 bridgehead atoms. The van der Waals surface area contributed by atoms with Crippen molar-refractivity contribution in [3.63, 3.8) is 0 Å². The molecule has 0 aromatic rings. The van der Waals surface area contributed by atoms with Crippen LogP contribution in [0.5, 0.6) is 0 Å². The summed E-state index contributed by atoms with van der Waals surface area (Å²) in [6, 6.07) is 0. The molecule has 1 N–H and O–H groups in total. The number of rotatable bonds is 2. The van der Waals surface area contributed by atoms with Crippen LogP contribution in [0.4, 0.5) is 0 Å². The molecule has 0 saturated carbocycles. The highest BCUT2D eigenvalue weighted by Crippen LogP contribution is 2.25. The summed E-state index contributed by atoms with van der Waals surface area (Å²) in [7, 11) is 1.41. The van der Waals surface area contributed by atoms with Gasteiger partial charge in [0.1, 0.15) is 12.9 Å². The molecule has 1 aliphatic carbocycles. The molecular weight excluding hydrogens is 182 g/mol. The maximum absolute atomic E-state index is 11.6. The van der Waals surface area contributed by atoms with Crippen molar-refractivity contribution in [2.45, 2.75) is 26.7 Å². The molecule has 0 radical (unpaired) electrons. The first kappa shape index (κ1) is 10.8. The van der Waals surface area contributed by atoms with E-state index in [9.17, 15) is 9.90 Å². The Morgan fingerprint density at radius 1 is 1.57 bits per heavy atom. The number of hydrogen-bond donors (Lipinski definition) is 1. The second-order valence-corrected chi connectivity index (χ2v) is 3.62. The summed E-state index contributed by atoms with van der Waals surface area (Å²) in [6.45, 7) is 3.59. The van der Waals surface area contributed by atoms with Crippen LogP contribution in [0.1, 0.15) is 26.7 Å². The first-order valence-corrected chi connectivity index (χ1v) is 4.59. The minimum absolute atomic E-state index is 0.0560. The third-order valence-electron chi connectivity index (χ3n) is 2.23. The quantitative estimate of drug-likeness (QED) is 0.542. The van der Waals surface area contributed by atoms with Crippen molar-refractivity contribution in [2.75, 3.05) is 7.11 Å². The molecule has 0 saturated heterocycles. The van der Waals surface area contributed by atoms with Crippen molar-refractivity contribution in [3.8, 4) is 0 Å². The Balaban J connectivity index is 3.00. The number of nitrogens with zero attached hydrogens (tertiary/aromatic N) is 1. The van der Waals surface area contributed by atoms with Crippen molar-refractivity contribution in [1.82, 2.24) is 0 Å². The highest BCUT2D eigenvalue weighted by Gasteiger charge is 2.26. The summed E-state index contributed by atoms with van der Waals surface area (Å²) in [5, 5.41) is 13.3. The molecule has 4 heteroatoms. The summed E-state index contributed by atoms with van der Waals surface area (Å²) in [5.74, 6) is 0.285. The third kappa shape index (κ3) is 2.13. The Bertz CT molecular complexity index is 304. The van der Waals surface area contributed by atoms with Gasteiger partial charge in [0.2, 0.25) is 0 Å². The number of ketones is 1. The van der Waals surface area contributed by atoms with Crippen LogP contribution in [0.15, 0.2) is 16.5 Å². The first-order chi connectivity index (χ1) is 6.56. The summed E-state index contributed by atoms with van der Waals surface area (Å²) < 4.78 is 0. The predicted molar refractivity (Wildman–Crippen MR) is 53.2 cm³/mol. The van der Waals surface area contributed by atoms with Gasteiger partial charge >= 0.3 is 0 Å². The van der Waals surface area contributed by atoms with Gasteiger partial charge in [0.25, 0.3) is 0 Å². The summed E-state index contributed by atoms with van der Waals surface area (Å²) in [5.41, 5.74) is 0.770. The second kappa shape index (κ2) is 4.26. The number of allylic oxidation sites excluding steroid dienone is 2. The summed E-state index contributed by atoms with van der Waals surface area (Å²) >= 11 is 0. The fourth-order valence-electron chi connectivity index (χ4n) is 1.68. The molecule has 0 heterocycles. The summed E-state index contributed by atoms with van der Waals surface area (Å²) in [6.07, 6.45) is 1.01. The third-order valence-corrected chi connectivity index (χ3v) is 2.23. The van der Waals surface area contributed by atoms with Crippen LogP contribution in [-0.4, -0.2) is 23.7 Å². The topological polar surface area (TPSA) is 58.9 Å². The van der Waals surface area contributed by atoms with E-state index in [-0.39, 0.29) is 17.5 Å². The predicted octanol–water partition coefficient (Wildman–Crippen LogP) is 1.82. The average molecular weight is 197 g/mol. The van der Waals surface area contributed by atoms with E-state index in [4.69, 9.17) is 0 Å². The van der Waals surface area contributed by atoms with E-state index in [0.717, 1.165) is 0 Å². The Labute approximate surface area is 83.2 Å². The van der Waals surface area contributed by atoms with E-state index in [1.807, 2.05) is 6.92 Å². The van der Waals surface area contributed by atoms with Crippen LogP contribution in [-0.2, 0) is 9.63 Å². The Hall–Kier alpha value is -1.32. The van der Waals surface area contributed by atoms with E-state index >= 15 is 0 Å². The minimum atomic E-state index is -0.0560. The normalized spacial score (nSPS) is 24.1. The zero-order chi connectivity index (χ0) is 10.7. The fraction of sp³-hybridized carbons (Fsp3) is 0.600. The van der Waals surface area contributed by atoms with Gasteiger partial charge < -0.3 is 9.94 Å². The van der Waals surface area contributed by atoms with Crippen molar-refractivity contribution < 1.29 is 14.7 Å². The van der Waals surface area contributed by atoms with Crippen LogP contribution in [0.25, 0.3) is 0 Å². The lowest BCUT2D eigenvalue weighted by atomic mass is 9.87. The lowest BCUT2D eigenvalue weighted by molar-refractivity contribution is -0.116. The van der Waals surface area contributed by atoms with E-state index in [2.05, 4.69) is 9.99 Å². The molecule has 0 amide bonds. The van der Waals surface area contributed by atoms with Crippen molar-refractivity contribution in [2.24, 2.45) is 11.1 Å². The van der Waals surface area contributed by atoms with E-state index < -0.39 is 0 Å². The molecule has 1 aliphatic rings. The van der Waals surface area contributed by atoms with Crippen LogP contribution in [0.3, 0.4) is 0 Å². The van der Waals surface area contributed by atoms with Gasteiger partial charge in [-0.1, -0.05) is 12.1 Å². The van der Waals surface area contributed by atoms with Gasteiger partial charge in [0, 0.05) is 12.8 Å². The molecule has 0 spiro atoms. The SMILES string of the molecule is CO/N=C(\C)C1=C(O)CC(C)CC1=O. The van der Waals surface area contributed by atoms with E-state index in [0.29, 0.717) is 24.1 Å². The van der Waals surface area contributed by atoms with Gasteiger partial charge in [0.15, 0.2) is 5.78 Å². The maximum Gasteiger partial charge on any atom is 0.168 e. The van der Waals surface area contributed by atoms with E-state index in [1.54, 1.807) is 6.92 Å². The summed E-state index contributed by atoms with van der Waals surface area (Å²) in [4.78, 5) is 16.1. The molecule has 1 unspecified atom stereocenters. The van der Waals surface area contributed by atoms with Gasteiger partial charge in [-0.2, -0.15) is 0 Å². The lowest BCUT2D eigenvalue weighted by Gasteiger charge is -2.19. The average Bonchev–Trinajstić information content (AvgIpc) is 2.01. The van der Waals surface area contributed by atoms with Crippen molar-refractivity contribution >= 4 is 11.5 Å². The van der Waals surface area contributed by atoms with Crippen LogP contribution < -0.4 is 0 Å². The molecule has 0 aromatic heterocycles. The molecule has 78 valence electrons. The van der Waals surface area contributed by atoms with Crippen LogP contribution in [0.2, 0.25) is 0 Å². The number of carbonyl (C=O) groups is 1. The maximum atomic E-state index is 11.6. The van der Waals surface area contributed by atoms with Crippen molar-refractivity contribution in [3.05, 3.63) is 11.3 Å². The minimum Gasteiger partial charge on any atom is -0.511 e. The molecule has 4 nitrogen and oxygen atoms in total. The van der Waals surface area contributed by atoms with Crippen LogP contribution >= 0.6 is 0 Å². The van der Waals surface area contributed by atoms with E-state index in [1.165, 1.54) is 7.11 Å². The fourth-order valence-corrected chi connectivity index (χ4v) is 1.68. The number of Topliss-reactive ketones (excluding diaryl/α,β-unsaturated/α-hetero) is 1. The Kier molecular flexibility index (Phi) is 3.28. The zero-order valence-electron chi connectivity index (χ0n) is 8.70. The molecule has 14 heavy (non-hydrogen) atoms. The molecule has 0 fully saturated rings. The second-order valence-electron chi connectivity index (χ2n) is 3.62. The highest BCUT2D eigenvalue weighted by atomic mass is 16.6. The number of hydrogen-bond acceptors (Lipinski definition) is 4.